The number of fused-ring (bicyclic) bond motifs is 1. The Morgan fingerprint density at radius 2 is 1.79 bits per heavy atom. The van der Waals surface area contributed by atoms with Gasteiger partial charge in [0.25, 0.3) is 0 Å². The lowest BCUT2D eigenvalue weighted by molar-refractivity contribution is -0.120. The van der Waals surface area contributed by atoms with E-state index in [0.29, 0.717) is 5.71 Å². The zero-order valence-corrected chi connectivity index (χ0v) is 13.4. The molecule has 0 fully saturated rings. The number of carbonyl (C=O) groups is 1. The molecule has 3 rings (SSSR count). The molecule has 4 nitrogen and oxygen atoms in total. The predicted octanol–water partition coefficient (Wildman–Crippen LogP) is 3.63. The SMILES string of the molecule is C/C(=N\NC(=O)Cc1cccc2ccccc12)c1cccc(O)c1. The largest absolute Gasteiger partial charge is 0.508 e. The molecule has 0 aliphatic heterocycles. The summed E-state index contributed by atoms with van der Waals surface area (Å²) in [5, 5.41) is 15.8. The monoisotopic (exact) mass is 318 g/mol. The van der Waals surface area contributed by atoms with Crippen molar-refractivity contribution < 1.29 is 9.90 Å². The van der Waals surface area contributed by atoms with Crippen molar-refractivity contribution >= 4 is 22.4 Å². The Labute approximate surface area is 140 Å². The van der Waals surface area contributed by atoms with Gasteiger partial charge in [0.15, 0.2) is 0 Å². The van der Waals surface area contributed by atoms with Gasteiger partial charge in [-0.05, 0) is 35.4 Å². The summed E-state index contributed by atoms with van der Waals surface area (Å²) in [5.74, 6) is -0.00464. The quantitative estimate of drug-likeness (QED) is 0.570. The van der Waals surface area contributed by atoms with Crippen molar-refractivity contribution in [1.82, 2.24) is 5.43 Å². The third-order valence-corrected chi connectivity index (χ3v) is 3.84. The minimum Gasteiger partial charge on any atom is -0.508 e. The summed E-state index contributed by atoms with van der Waals surface area (Å²) in [4.78, 5) is 12.2. The van der Waals surface area contributed by atoms with Crippen LogP contribution in [0.2, 0.25) is 0 Å². The van der Waals surface area contributed by atoms with Gasteiger partial charge < -0.3 is 5.11 Å². The highest BCUT2D eigenvalue weighted by molar-refractivity contribution is 5.99. The van der Waals surface area contributed by atoms with Crippen LogP contribution in [-0.4, -0.2) is 16.7 Å². The maximum Gasteiger partial charge on any atom is 0.244 e. The number of benzene rings is 3. The van der Waals surface area contributed by atoms with Crippen molar-refractivity contribution in [3.05, 3.63) is 77.9 Å². The first-order valence-electron chi connectivity index (χ1n) is 7.72. The standard InChI is InChI=1S/C20H18N2O2/c1-14(16-8-5-10-18(23)12-16)21-22-20(24)13-17-9-4-7-15-6-2-3-11-19(15)17/h2-12,23H,13H2,1H3,(H,22,24)/b21-14+. The second-order valence-electron chi connectivity index (χ2n) is 5.60. The highest BCUT2D eigenvalue weighted by Crippen LogP contribution is 2.18. The van der Waals surface area contributed by atoms with Crippen molar-refractivity contribution in [1.29, 1.82) is 0 Å². The van der Waals surface area contributed by atoms with Crippen molar-refractivity contribution in [3.8, 4) is 5.75 Å². The Morgan fingerprint density at radius 1 is 1.04 bits per heavy atom. The molecule has 3 aromatic rings. The van der Waals surface area contributed by atoms with Gasteiger partial charge >= 0.3 is 0 Å². The highest BCUT2D eigenvalue weighted by Gasteiger charge is 2.07. The fourth-order valence-electron chi connectivity index (χ4n) is 2.60. The molecule has 0 unspecified atom stereocenters. The first kappa shape index (κ1) is 15.7. The molecule has 120 valence electrons. The Morgan fingerprint density at radius 3 is 2.62 bits per heavy atom. The second kappa shape index (κ2) is 6.96. The van der Waals surface area contributed by atoms with Gasteiger partial charge in [0, 0.05) is 5.56 Å². The molecule has 24 heavy (non-hydrogen) atoms. The molecule has 0 radical (unpaired) electrons. The lowest BCUT2D eigenvalue weighted by Gasteiger charge is -2.06. The summed E-state index contributed by atoms with van der Waals surface area (Å²) < 4.78 is 0. The van der Waals surface area contributed by atoms with E-state index in [-0.39, 0.29) is 18.1 Å². The number of rotatable bonds is 4. The van der Waals surface area contributed by atoms with Crippen LogP contribution in [0.25, 0.3) is 10.8 Å². The molecule has 3 aromatic carbocycles. The topological polar surface area (TPSA) is 61.7 Å². The Balaban J connectivity index is 1.72. The molecule has 0 saturated carbocycles. The van der Waals surface area contributed by atoms with E-state index in [2.05, 4.69) is 10.5 Å². The van der Waals surface area contributed by atoms with Crippen molar-refractivity contribution in [2.24, 2.45) is 5.10 Å². The molecule has 0 bridgehead atoms. The minimum atomic E-state index is -0.175. The van der Waals surface area contributed by atoms with Crippen LogP contribution < -0.4 is 5.43 Å². The number of amides is 1. The number of hydrogen-bond donors (Lipinski definition) is 2. The zero-order chi connectivity index (χ0) is 16.9. The average Bonchev–Trinajstić information content (AvgIpc) is 2.60. The number of hydrazone groups is 1. The van der Waals surface area contributed by atoms with Gasteiger partial charge in [0.1, 0.15) is 5.75 Å². The Kier molecular flexibility index (Phi) is 4.57. The Bertz CT molecular complexity index is 911. The molecule has 2 N–H and O–H groups in total. The number of phenols is 1. The molecule has 0 saturated heterocycles. The van der Waals surface area contributed by atoms with Gasteiger partial charge in [-0.25, -0.2) is 5.43 Å². The molecular weight excluding hydrogens is 300 g/mol. The maximum atomic E-state index is 12.2. The maximum absolute atomic E-state index is 12.2. The molecule has 4 heteroatoms. The normalized spacial score (nSPS) is 11.5. The fraction of sp³-hybridized carbons (Fsp3) is 0.100. The average molecular weight is 318 g/mol. The van der Waals surface area contributed by atoms with E-state index in [1.165, 1.54) is 0 Å². The number of nitrogens with one attached hydrogen (secondary N) is 1. The van der Waals surface area contributed by atoms with E-state index in [1.807, 2.05) is 48.5 Å². The number of aromatic hydroxyl groups is 1. The van der Waals surface area contributed by atoms with Crippen LogP contribution in [0.5, 0.6) is 5.75 Å². The lowest BCUT2D eigenvalue weighted by atomic mass is 10.0. The lowest BCUT2D eigenvalue weighted by Crippen LogP contribution is -2.21. The summed E-state index contributed by atoms with van der Waals surface area (Å²) in [7, 11) is 0. The van der Waals surface area contributed by atoms with Gasteiger partial charge in [-0.1, -0.05) is 54.6 Å². The summed E-state index contributed by atoms with van der Waals surface area (Å²) in [6, 6.07) is 20.7. The first-order valence-corrected chi connectivity index (χ1v) is 7.72. The first-order chi connectivity index (χ1) is 11.6. The molecule has 0 spiro atoms. The van der Waals surface area contributed by atoms with Crippen LogP contribution in [-0.2, 0) is 11.2 Å². The van der Waals surface area contributed by atoms with Crippen LogP contribution in [0.3, 0.4) is 0 Å². The van der Waals surface area contributed by atoms with Gasteiger partial charge in [0.2, 0.25) is 5.91 Å². The third kappa shape index (κ3) is 3.60. The van der Waals surface area contributed by atoms with Crippen LogP contribution >= 0.6 is 0 Å². The van der Waals surface area contributed by atoms with Crippen LogP contribution in [0.1, 0.15) is 18.1 Å². The molecular formula is C20H18N2O2. The molecule has 1 amide bonds. The van der Waals surface area contributed by atoms with E-state index < -0.39 is 0 Å². The highest BCUT2D eigenvalue weighted by atomic mass is 16.3. The number of carbonyl (C=O) groups excluding carboxylic acids is 1. The third-order valence-electron chi connectivity index (χ3n) is 3.84. The van der Waals surface area contributed by atoms with Crippen LogP contribution in [0, 0.1) is 0 Å². The smallest absolute Gasteiger partial charge is 0.244 e. The van der Waals surface area contributed by atoms with Gasteiger partial charge in [0.05, 0.1) is 12.1 Å². The van der Waals surface area contributed by atoms with E-state index in [0.717, 1.165) is 21.9 Å². The van der Waals surface area contributed by atoms with Crippen molar-refractivity contribution in [2.45, 2.75) is 13.3 Å². The number of phenolic OH excluding ortho intramolecular Hbond substituents is 1. The number of nitrogens with zero attached hydrogens (tertiary/aromatic N) is 1. The molecule has 0 aliphatic carbocycles. The summed E-state index contributed by atoms with van der Waals surface area (Å²) in [6.45, 7) is 1.78. The van der Waals surface area contributed by atoms with E-state index >= 15 is 0 Å². The van der Waals surface area contributed by atoms with Crippen molar-refractivity contribution in [3.63, 3.8) is 0 Å². The second-order valence-corrected chi connectivity index (χ2v) is 5.60. The van der Waals surface area contributed by atoms with Gasteiger partial charge in [-0.3, -0.25) is 4.79 Å². The van der Waals surface area contributed by atoms with Crippen LogP contribution in [0.15, 0.2) is 71.8 Å². The Hall–Kier alpha value is -3.14. The molecule has 0 atom stereocenters. The zero-order valence-electron chi connectivity index (χ0n) is 13.4. The molecule has 0 aliphatic rings. The van der Waals surface area contributed by atoms with E-state index in [9.17, 15) is 9.90 Å². The fourth-order valence-corrected chi connectivity index (χ4v) is 2.60. The molecule has 0 aromatic heterocycles. The van der Waals surface area contributed by atoms with Crippen LogP contribution in [0.4, 0.5) is 0 Å². The summed E-state index contributed by atoms with van der Waals surface area (Å²) >= 11 is 0. The van der Waals surface area contributed by atoms with Gasteiger partial charge in [-0.2, -0.15) is 5.10 Å². The summed E-state index contributed by atoms with van der Waals surface area (Å²) in [6.07, 6.45) is 0.262. The van der Waals surface area contributed by atoms with E-state index in [4.69, 9.17) is 0 Å². The minimum absolute atomic E-state index is 0.170. The van der Waals surface area contributed by atoms with E-state index in [1.54, 1.807) is 25.1 Å². The number of hydrogen-bond acceptors (Lipinski definition) is 3. The van der Waals surface area contributed by atoms with Crippen molar-refractivity contribution in [2.75, 3.05) is 0 Å². The summed E-state index contributed by atoms with van der Waals surface area (Å²) in [5.41, 5.74) is 4.95. The predicted molar refractivity (Wildman–Crippen MR) is 96.1 cm³/mol. The molecule has 0 heterocycles. The van der Waals surface area contributed by atoms with Gasteiger partial charge in [-0.15, -0.1) is 0 Å².